The maximum absolute atomic E-state index is 11.9. The Kier molecular flexibility index (Phi) is 3.98. The molecule has 0 amide bonds. The molecule has 2 heterocycles. The summed E-state index contributed by atoms with van der Waals surface area (Å²) >= 11 is 0. The summed E-state index contributed by atoms with van der Waals surface area (Å²) in [6, 6.07) is 6.59. The molecule has 0 saturated carbocycles. The van der Waals surface area contributed by atoms with Gasteiger partial charge in [0.2, 0.25) is 0 Å². The lowest BCUT2D eigenvalue weighted by Crippen LogP contribution is -2.35. The normalized spacial score (nSPS) is 18.1. The van der Waals surface area contributed by atoms with Gasteiger partial charge < -0.3 is 10.6 Å². The molecule has 1 unspecified atom stereocenters. The molecule has 1 aliphatic rings. The Morgan fingerprint density at radius 1 is 1.30 bits per heavy atom. The van der Waals surface area contributed by atoms with E-state index in [2.05, 4.69) is 21.7 Å². The van der Waals surface area contributed by atoms with E-state index < -0.39 is 10.8 Å². The highest BCUT2D eigenvalue weighted by atomic mass is 32.2. The van der Waals surface area contributed by atoms with Crippen LogP contribution >= 0.6 is 0 Å². The number of aromatic nitrogens is 1. The molecule has 1 fully saturated rings. The highest BCUT2D eigenvalue weighted by molar-refractivity contribution is 7.84. The first kappa shape index (κ1) is 13.5. The van der Waals surface area contributed by atoms with Gasteiger partial charge in [-0.25, -0.2) is 0 Å². The molecule has 2 aromatic rings. The predicted octanol–water partition coefficient (Wildman–Crippen LogP) is 2.14. The first-order valence-electron chi connectivity index (χ1n) is 6.93. The Bertz CT molecular complexity index is 633. The summed E-state index contributed by atoms with van der Waals surface area (Å²) in [4.78, 5) is 5.00. The van der Waals surface area contributed by atoms with Gasteiger partial charge in [-0.2, -0.15) is 0 Å². The Labute approximate surface area is 121 Å². The Hall–Kier alpha value is -1.46. The summed E-state index contributed by atoms with van der Waals surface area (Å²) in [6.45, 7) is 2.10. The second kappa shape index (κ2) is 5.89. The van der Waals surface area contributed by atoms with Gasteiger partial charge >= 0.3 is 0 Å². The third kappa shape index (κ3) is 2.69. The number of piperidine rings is 1. The van der Waals surface area contributed by atoms with E-state index in [9.17, 15) is 4.21 Å². The first-order chi connectivity index (χ1) is 9.75. The number of benzene rings is 1. The molecule has 2 N–H and O–H groups in total. The van der Waals surface area contributed by atoms with Gasteiger partial charge in [-0.1, -0.05) is 12.1 Å². The number of fused-ring (bicyclic) bond motifs is 1. The van der Waals surface area contributed by atoms with Gasteiger partial charge in [0.15, 0.2) is 0 Å². The van der Waals surface area contributed by atoms with Gasteiger partial charge in [-0.15, -0.1) is 0 Å². The Morgan fingerprint density at radius 3 is 2.85 bits per heavy atom. The number of rotatable bonds is 3. The number of nitrogens with one attached hydrogen (secondary N) is 2. The molecule has 5 heteroatoms. The lowest BCUT2D eigenvalue weighted by Gasteiger charge is -2.25. The highest BCUT2D eigenvalue weighted by Crippen LogP contribution is 2.29. The molecular weight excluding hydrogens is 270 g/mol. The maximum Gasteiger partial charge on any atom is 0.0667 e. The molecular formula is C15H19N3OS. The van der Waals surface area contributed by atoms with Crippen LogP contribution in [0.15, 0.2) is 35.5 Å². The van der Waals surface area contributed by atoms with Gasteiger partial charge in [0.05, 0.1) is 15.7 Å². The van der Waals surface area contributed by atoms with Crippen molar-refractivity contribution in [2.75, 3.05) is 24.7 Å². The van der Waals surface area contributed by atoms with E-state index in [1.165, 1.54) is 0 Å². The van der Waals surface area contributed by atoms with Crippen molar-refractivity contribution in [1.29, 1.82) is 0 Å². The minimum Gasteiger partial charge on any atom is -0.382 e. The lowest BCUT2D eigenvalue weighted by atomic mass is 10.0. The first-order valence-corrected chi connectivity index (χ1v) is 8.49. The molecule has 0 bridgehead atoms. The van der Waals surface area contributed by atoms with Crippen LogP contribution in [0.1, 0.15) is 12.8 Å². The SMILES string of the molecule is CS(=O)c1cncc2cccc(NC3CCNCC3)c12. The average molecular weight is 289 g/mol. The number of anilines is 1. The maximum atomic E-state index is 11.9. The smallest absolute Gasteiger partial charge is 0.0667 e. The fraction of sp³-hybridized carbons (Fsp3) is 0.400. The van der Waals surface area contributed by atoms with E-state index in [-0.39, 0.29) is 0 Å². The van der Waals surface area contributed by atoms with Gasteiger partial charge in [0.1, 0.15) is 0 Å². The number of pyridine rings is 1. The Morgan fingerprint density at radius 2 is 2.10 bits per heavy atom. The van der Waals surface area contributed by atoms with Crippen LogP contribution < -0.4 is 10.6 Å². The molecule has 0 spiro atoms. The summed E-state index contributed by atoms with van der Waals surface area (Å²) in [5.41, 5.74) is 1.07. The Balaban J connectivity index is 2.03. The quantitative estimate of drug-likeness (QED) is 0.909. The molecule has 4 nitrogen and oxygen atoms in total. The average Bonchev–Trinajstić information content (AvgIpc) is 2.48. The summed E-state index contributed by atoms with van der Waals surface area (Å²) < 4.78 is 11.9. The molecule has 0 aliphatic carbocycles. The van der Waals surface area contributed by atoms with E-state index >= 15 is 0 Å². The molecule has 0 radical (unpaired) electrons. The second-order valence-corrected chi connectivity index (χ2v) is 6.51. The standard InChI is InChI=1S/C15H19N3OS/c1-20(19)14-10-17-9-11-3-2-4-13(15(11)14)18-12-5-7-16-8-6-12/h2-4,9-10,12,16,18H,5-8H2,1H3. The highest BCUT2D eigenvalue weighted by Gasteiger charge is 2.15. The molecule has 1 atom stereocenters. The van der Waals surface area contributed by atoms with Crippen molar-refractivity contribution in [2.45, 2.75) is 23.8 Å². The third-order valence-corrected chi connectivity index (χ3v) is 4.69. The fourth-order valence-electron chi connectivity index (χ4n) is 2.73. The van der Waals surface area contributed by atoms with Crippen LogP contribution in [0.25, 0.3) is 10.8 Å². The van der Waals surface area contributed by atoms with Gasteiger partial charge in [0, 0.05) is 41.2 Å². The van der Waals surface area contributed by atoms with Crippen molar-refractivity contribution in [3.8, 4) is 0 Å². The summed E-state index contributed by atoms with van der Waals surface area (Å²) in [7, 11) is -1.04. The van der Waals surface area contributed by atoms with Crippen molar-refractivity contribution in [1.82, 2.24) is 10.3 Å². The van der Waals surface area contributed by atoms with Crippen LogP contribution in [0.3, 0.4) is 0 Å². The predicted molar refractivity (Wildman–Crippen MR) is 83.6 cm³/mol. The zero-order valence-corrected chi connectivity index (χ0v) is 12.4. The van der Waals surface area contributed by atoms with Crippen molar-refractivity contribution in [3.63, 3.8) is 0 Å². The van der Waals surface area contributed by atoms with Crippen molar-refractivity contribution < 1.29 is 4.21 Å². The number of nitrogens with zero attached hydrogens (tertiary/aromatic N) is 1. The largest absolute Gasteiger partial charge is 0.382 e. The molecule has 106 valence electrons. The van der Waals surface area contributed by atoms with Crippen molar-refractivity contribution in [3.05, 3.63) is 30.6 Å². The van der Waals surface area contributed by atoms with Gasteiger partial charge in [-0.05, 0) is 32.0 Å². The van der Waals surface area contributed by atoms with Crippen LogP contribution in [0, 0.1) is 0 Å². The topological polar surface area (TPSA) is 54.0 Å². The third-order valence-electron chi connectivity index (χ3n) is 3.76. The van der Waals surface area contributed by atoms with Crippen molar-refractivity contribution >= 4 is 27.3 Å². The summed E-state index contributed by atoms with van der Waals surface area (Å²) in [5, 5.41) is 9.07. The van der Waals surface area contributed by atoms with Crippen LogP contribution in [-0.4, -0.2) is 34.6 Å². The van der Waals surface area contributed by atoms with E-state index in [1.54, 1.807) is 12.5 Å². The minimum atomic E-state index is -1.04. The minimum absolute atomic E-state index is 0.480. The second-order valence-electron chi connectivity index (χ2n) is 5.16. The molecule has 3 rings (SSSR count). The van der Waals surface area contributed by atoms with E-state index in [4.69, 9.17) is 0 Å². The van der Waals surface area contributed by atoms with E-state index in [0.29, 0.717) is 6.04 Å². The fourth-order valence-corrected chi connectivity index (χ4v) is 3.45. The molecule has 20 heavy (non-hydrogen) atoms. The summed E-state index contributed by atoms with van der Waals surface area (Å²) in [5.74, 6) is 0. The number of hydrogen-bond acceptors (Lipinski definition) is 4. The molecule has 1 saturated heterocycles. The van der Waals surface area contributed by atoms with Crippen LogP contribution in [0.4, 0.5) is 5.69 Å². The number of hydrogen-bond donors (Lipinski definition) is 2. The molecule has 1 aromatic heterocycles. The van der Waals surface area contributed by atoms with Crippen LogP contribution in [0.2, 0.25) is 0 Å². The molecule has 1 aromatic carbocycles. The van der Waals surface area contributed by atoms with E-state index in [0.717, 1.165) is 47.3 Å². The monoisotopic (exact) mass is 289 g/mol. The van der Waals surface area contributed by atoms with Gasteiger partial charge in [0.25, 0.3) is 0 Å². The van der Waals surface area contributed by atoms with E-state index in [1.807, 2.05) is 18.3 Å². The zero-order valence-electron chi connectivity index (χ0n) is 11.6. The van der Waals surface area contributed by atoms with Gasteiger partial charge in [-0.3, -0.25) is 9.19 Å². The zero-order chi connectivity index (χ0) is 13.9. The van der Waals surface area contributed by atoms with Crippen LogP contribution in [-0.2, 0) is 10.8 Å². The summed E-state index contributed by atoms with van der Waals surface area (Å²) in [6.07, 6.45) is 7.49. The van der Waals surface area contributed by atoms with Crippen LogP contribution in [0.5, 0.6) is 0 Å². The lowest BCUT2D eigenvalue weighted by molar-refractivity contribution is 0.479. The molecule has 1 aliphatic heterocycles. The van der Waals surface area contributed by atoms with Crippen molar-refractivity contribution in [2.24, 2.45) is 0 Å².